The Morgan fingerprint density at radius 2 is 2.10 bits per heavy atom. The minimum Gasteiger partial charge on any atom is -0.354 e. The lowest BCUT2D eigenvalue weighted by Crippen LogP contribution is -2.48. The number of carbonyl (C=O) groups is 1. The smallest absolute Gasteiger partial charge is 0.227 e. The molecule has 1 amide bonds. The summed E-state index contributed by atoms with van der Waals surface area (Å²) in [6.07, 6.45) is 3.33. The van der Waals surface area contributed by atoms with E-state index in [1.165, 1.54) is 6.42 Å². The van der Waals surface area contributed by atoms with E-state index < -0.39 is 0 Å². The van der Waals surface area contributed by atoms with Crippen molar-refractivity contribution in [2.75, 3.05) is 13.1 Å². The molecule has 2 rings (SSSR count). The van der Waals surface area contributed by atoms with E-state index in [4.69, 9.17) is 0 Å². The highest BCUT2D eigenvalue weighted by molar-refractivity contribution is 5.84. The van der Waals surface area contributed by atoms with Crippen molar-refractivity contribution in [3.8, 4) is 0 Å². The van der Waals surface area contributed by atoms with Crippen molar-refractivity contribution < 1.29 is 4.79 Å². The van der Waals surface area contributed by atoms with Crippen LogP contribution in [0.1, 0.15) is 51.5 Å². The fourth-order valence-electron chi connectivity index (χ4n) is 3.13. The van der Waals surface area contributed by atoms with Gasteiger partial charge in [0, 0.05) is 12.1 Å². The summed E-state index contributed by atoms with van der Waals surface area (Å²) in [7, 11) is 0. The minimum absolute atomic E-state index is 0.0544. The first kappa shape index (κ1) is 16.0. The van der Waals surface area contributed by atoms with E-state index >= 15 is 0 Å². The lowest BCUT2D eigenvalue weighted by Gasteiger charge is -2.28. The van der Waals surface area contributed by atoms with Gasteiger partial charge in [0.2, 0.25) is 5.91 Å². The van der Waals surface area contributed by atoms with Crippen LogP contribution >= 0.6 is 0 Å². The zero-order chi connectivity index (χ0) is 15.3. The summed E-state index contributed by atoms with van der Waals surface area (Å²) >= 11 is 0. The van der Waals surface area contributed by atoms with E-state index in [-0.39, 0.29) is 17.4 Å². The van der Waals surface area contributed by atoms with Gasteiger partial charge in [-0.15, -0.1) is 0 Å². The van der Waals surface area contributed by atoms with E-state index in [1.54, 1.807) is 0 Å². The molecule has 1 saturated heterocycles. The van der Waals surface area contributed by atoms with Crippen LogP contribution in [-0.4, -0.2) is 24.5 Å². The molecule has 0 aromatic heterocycles. The minimum atomic E-state index is -0.0544. The monoisotopic (exact) mass is 288 g/mol. The van der Waals surface area contributed by atoms with Crippen LogP contribution in [0.15, 0.2) is 30.3 Å². The van der Waals surface area contributed by atoms with Crippen LogP contribution in [0.25, 0.3) is 0 Å². The maximum absolute atomic E-state index is 12.7. The summed E-state index contributed by atoms with van der Waals surface area (Å²) in [4.78, 5) is 12.7. The Balaban J connectivity index is 2.04. The molecular weight excluding hydrogens is 260 g/mol. The summed E-state index contributed by atoms with van der Waals surface area (Å²) in [5.41, 5.74) is 1.18. The largest absolute Gasteiger partial charge is 0.354 e. The van der Waals surface area contributed by atoms with Gasteiger partial charge >= 0.3 is 0 Å². The third kappa shape index (κ3) is 4.07. The van der Waals surface area contributed by atoms with Crippen molar-refractivity contribution in [2.45, 2.75) is 51.5 Å². The maximum Gasteiger partial charge on any atom is 0.227 e. The average molecular weight is 288 g/mol. The third-order valence-corrected chi connectivity index (χ3v) is 4.76. The Morgan fingerprint density at radius 3 is 2.67 bits per heavy atom. The molecule has 21 heavy (non-hydrogen) atoms. The van der Waals surface area contributed by atoms with Crippen LogP contribution < -0.4 is 10.6 Å². The average Bonchev–Trinajstić information content (AvgIpc) is 2.93. The third-order valence-electron chi connectivity index (χ3n) is 4.76. The molecule has 0 bridgehead atoms. The van der Waals surface area contributed by atoms with Crippen molar-refractivity contribution in [3.05, 3.63) is 35.9 Å². The fourth-order valence-corrected chi connectivity index (χ4v) is 3.13. The second-order valence-corrected chi connectivity index (χ2v) is 6.58. The topological polar surface area (TPSA) is 41.1 Å². The molecule has 3 nitrogen and oxygen atoms in total. The summed E-state index contributed by atoms with van der Waals surface area (Å²) in [5, 5.41) is 6.67. The molecule has 0 spiro atoms. The predicted octanol–water partition coefficient (Wildman–Crippen LogP) is 3.07. The molecule has 1 aliphatic heterocycles. The van der Waals surface area contributed by atoms with Gasteiger partial charge in [0.1, 0.15) is 0 Å². The number of hydrogen-bond acceptors (Lipinski definition) is 2. The van der Waals surface area contributed by atoms with E-state index in [9.17, 15) is 4.79 Å². The lowest BCUT2D eigenvalue weighted by atomic mass is 9.84. The van der Waals surface area contributed by atoms with Crippen LogP contribution in [0, 0.1) is 5.92 Å². The Labute approximate surface area is 128 Å². The van der Waals surface area contributed by atoms with Gasteiger partial charge in [-0.1, -0.05) is 50.6 Å². The first-order valence-corrected chi connectivity index (χ1v) is 8.13. The van der Waals surface area contributed by atoms with Crippen LogP contribution in [0.3, 0.4) is 0 Å². The highest BCUT2D eigenvalue weighted by Gasteiger charge is 2.31. The van der Waals surface area contributed by atoms with Crippen LogP contribution in [0.5, 0.6) is 0 Å². The quantitative estimate of drug-likeness (QED) is 0.844. The van der Waals surface area contributed by atoms with Crippen molar-refractivity contribution >= 4 is 5.91 Å². The molecule has 3 atom stereocenters. The van der Waals surface area contributed by atoms with Gasteiger partial charge in [-0.05, 0) is 37.8 Å². The molecule has 0 saturated carbocycles. The van der Waals surface area contributed by atoms with Crippen LogP contribution in [0.2, 0.25) is 0 Å². The molecular formula is C18H28N2O. The summed E-state index contributed by atoms with van der Waals surface area (Å²) in [6, 6.07) is 10.1. The number of amides is 1. The number of hydrogen-bond donors (Lipinski definition) is 2. The first-order valence-electron chi connectivity index (χ1n) is 8.13. The van der Waals surface area contributed by atoms with Gasteiger partial charge in [0.15, 0.2) is 0 Å². The van der Waals surface area contributed by atoms with Crippen molar-refractivity contribution in [2.24, 2.45) is 5.92 Å². The standard InChI is InChI=1S/C18H28N2O/c1-4-14(2)16(15-9-6-5-7-10-15)17(21)19-13-18(3)11-8-12-20-18/h5-7,9-10,14,16,20H,4,8,11-13H2,1-3H3,(H,19,21). The molecule has 0 radical (unpaired) electrons. The predicted molar refractivity (Wildman–Crippen MR) is 87.3 cm³/mol. The van der Waals surface area contributed by atoms with Gasteiger partial charge in [-0.2, -0.15) is 0 Å². The summed E-state index contributed by atoms with van der Waals surface area (Å²) in [6.45, 7) is 8.27. The zero-order valence-corrected chi connectivity index (χ0v) is 13.5. The van der Waals surface area contributed by atoms with Crippen molar-refractivity contribution in [1.82, 2.24) is 10.6 Å². The normalized spacial score (nSPS) is 24.5. The Hall–Kier alpha value is -1.35. The summed E-state index contributed by atoms with van der Waals surface area (Å²) < 4.78 is 0. The SMILES string of the molecule is CCC(C)C(C(=O)NCC1(C)CCCN1)c1ccccc1. The Kier molecular flexibility index (Phi) is 5.40. The molecule has 1 aliphatic rings. The van der Waals surface area contributed by atoms with Crippen LogP contribution in [-0.2, 0) is 4.79 Å². The molecule has 116 valence electrons. The van der Waals surface area contributed by atoms with Gasteiger partial charge in [0.05, 0.1) is 5.92 Å². The highest BCUT2D eigenvalue weighted by atomic mass is 16.1. The van der Waals surface area contributed by atoms with E-state index in [0.29, 0.717) is 12.5 Å². The Bertz CT molecular complexity index is 452. The molecule has 2 N–H and O–H groups in total. The van der Waals surface area contributed by atoms with Gasteiger partial charge in [-0.25, -0.2) is 0 Å². The second kappa shape index (κ2) is 7.08. The van der Waals surface area contributed by atoms with Gasteiger partial charge in [-0.3, -0.25) is 4.79 Å². The zero-order valence-electron chi connectivity index (χ0n) is 13.5. The number of rotatable bonds is 6. The molecule has 1 fully saturated rings. The van der Waals surface area contributed by atoms with Crippen molar-refractivity contribution in [3.63, 3.8) is 0 Å². The second-order valence-electron chi connectivity index (χ2n) is 6.58. The fraction of sp³-hybridized carbons (Fsp3) is 0.611. The van der Waals surface area contributed by atoms with E-state index in [1.807, 2.05) is 18.2 Å². The molecule has 1 heterocycles. The molecule has 3 heteroatoms. The maximum atomic E-state index is 12.7. The summed E-state index contributed by atoms with van der Waals surface area (Å²) in [5.74, 6) is 0.448. The number of benzene rings is 1. The molecule has 1 aromatic carbocycles. The molecule has 3 unspecified atom stereocenters. The van der Waals surface area contributed by atoms with Gasteiger partial charge < -0.3 is 10.6 Å². The van der Waals surface area contributed by atoms with E-state index in [2.05, 4.69) is 43.5 Å². The Morgan fingerprint density at radius 1 is 1.38 bits per heavy atom. The molecule has 0 aliphatic carbocycles. The number of carbonyl (C=O) groups excluding carboxylic acids is 1. The van der Waals surface area contributed by atoms with Crippen LogP contribution in [0.4, 0.5) is 0 Å². The van der Waals surface area contributed by atoms with Gasteiger partial charge in [0.25, 0.3) is 0 Å². The molecule has 1 aromatic rings. The highest BCUT2D eigenvalue weighted by Crippen LogP contribution is 2.27. The van der Waals surface area contributed by atoms with E-state index in [0.717, 1.165) is 24.9 Å². The van der Waals surface area contributed by atoms with Crippen molar-refractivity contribution in [1.29, 1.82) is 0 Å². The number of nitrogens with one attached hydrogen (secondary N) is 2. The first-order chi connectivity index (χ1) is 10.1. The lowest BCUT2D eigenvalue weighted by molar-refractivity contribution is -0.124.